The molecule has 0 aliphatic carbocycles. The van der Waals surface area contributed by atoms with Crippen molar-refractivity contribution in [3.8, 4) is 5.75 Å². The van der Waals surface area contributed by atoms with Gasteiger partial charge in [0.25, 0.3) is 5.91 Å². The molecule has 0 spiro atoms. The lowest BCUT2D eigenvalue weighted by molar-refractivity contribution is -0.153. The third kappa shape index (κ3) is 2.96. The zero-order valence-corrected chi connectivity index (χ0v) is 12.9. The molecular formula is C16H20N2O5. The number of likely N-dealkylation sites (N-methyl/N-ethyl adjacent to an activating group) is 1. The molecule has 7 heteroatoms. The number of carboxylic acid groups (broad SMARTS) is 1. The Balaban J connectivity index is 1.75. The summed E-state index contributed by atoms with van der Waals surface area (Å²) in [5.41, 5.74) is -0.357. The number of nitrogens with one attached hydrogen (secondary N) is 1. The van der Waals surface area contributed by atoms with Gasteiger partial charge in [0, 0.05) is 33.1 Å². The molecule has 1 amide bonds. The molecule has 1 fully saturated rings. The number of carboxylic acids is 1. The van der Waals surface area contributed by atoms with Crippen molar-refractivity contribution in [2.24, 2.45) is 0 Å². The van der Waals surface area contributed by atoms with Crippen LogP contribution in [0.3, 0.4) is 0 Å². The van der Waals surface area contributed by atoms with Crippen LogP contribution in [0.5, 0.6) is 5.75 Å². The number of hydrogen-bond acceptors (Lipinski definition) is 5. The monoisotopic (exact) mass is 320 g/mol. The van der Waals surface area contributed by atoms with Gasteiger partial charge in [0.1, 0.15) is 11.3 Å². The quantitative estimate of drug-likeness (QED) is 0.849. The predicted octanol–water partition coefficient (Wildman–Crippen LogP) is 0.634. The Bertz CT molecular complexity index is 612. The molecule has 0 aromatic heterocycles. The van der Waals surface area contributed by atoms with Crippen molar-refractivity contribution in [2.75, 3.05) is 31.7 Å². The van der Waals surface area contributed by atoms with Crippen LogP contribution in [-0.2, 0) is 14.3 Å². The number of rotatable bonds is 3. The second kappa shape index (κ2) is 6.08. The van der Waals surface area contributed by atoms with Crippen molar-refractivity contribution in [1.29, 1.82) is 0 Å². The molecular weight excluding hydrogens is 300 g/mol. The molecule has 0 saturated carbocycles. The Morgan fingerprint density at radius 2 is 2.00 bits per heavy atom. The van der Waals surface area contributed by atoms with Crippen molar-refractivity contribution in [3.63, 3.8) is 0 Å². The number of carbonyl (C=O) groups excluding carboxylic acids is 1. The highest BCUT2D eigenvalue weighted by molar-refractivity contribution is 5.90. The Morgan fingerprint density at radius 1 is 1.30 bits per heavy atom. The number of carbonyl (C=O) groups is 2. The lowest BCUT2D eigenvalue weighted by Gasteiger charge is -2.37. The van der Waals surface area contributed by atoms with Gasteiger partial charge in [-0.2, -0.15) is 0 Å². The molecule has 2 aliphatic rings. The van der Waals surface area contributed by atoms with E-state index in [-0.39, 0.29) is 12.8 Å². The Morgan fingerprint density at radius 3 is 2.70 bits per heavy atom. The first-order valence-corrected chi connectivity index (χ1v) is 7.62. The topological polar surface area (TPSA) is 88.1 Å². The van der Waals surface area contributed by atoms with Crippen LogP contribution in [0.25, 0.3) is 0 Å². The fourth-order valence-corrected chi connectivity index (χ4v) is 2.97. The molecule has 7 nitrogen and oxygen atoms in total. The third-order valence-electron chi connectivity index (χ3n) is 4.40. The summed E-state index contributed by atoms with van der Waals surface area (Å²) in [6.45, 7) is 1.01. The van der Waals surface area contributed by atoms with Crippen LogP contribution in [0.4, 0.5) is 5.69 Å². The first kappa shape index (κ1) is 15.6. The minimum Gasteiger partial charge on any atom is -0.480 e. The summed E-state index contributed by atoms with van der Waals surface area (Å²) in [6, 6.07) is 7.46. The first-order valence-electron chi connectivity index (χ1n) is 7.62. The van der Waals surface area contributed by atoms with Crippen molar-refractivity contribution in [3.05, 3.63) is 24.3 Å². The minimum absolute atomic E-state index is 0.257. The molecule has 2 heterocycles. The number of nitrogens with zero attached hydrogens (tertiary/aromatic N) is 1. The molecule has 3 rings (SSSR count). The van der Waals surface area contributed by atoms with Gasteiger partial charge in [0.15, 0.2) is 6.10 Å². The fourth-order valence-electron chi connectivity index (χ4n) is 2.97. The molecule has 1 saturated heterocycles. The normalized spacial score (nSPS) is 22.7. The van der Waals surface area contributed by atoms with Crippen LogP contribution >= 0.6 is 0 Å². The maximum absolute atomic E-state index is 12.6. The van der Waals surface area contributed by atoms with Crippen LogP contribution in [0.15, 0.2) is 24.3 Å². The van der Waals surface area contributed by atoms with E-state index in [9.17, 15) is 14.7 Å². The van der Waals surface area contributed by atoms with Gasteiger partial charge in [-0.3, -0.25) is 4.79 Å². The molecule has 0 radical (unpaired) electrons. The van der Waals surface area contributed by atoms with E-state index in [1.165, 1.54) is 0 Å². The summed E-state index contributed by atoms with van der Waals surface area (Å²) in [5, 5.41) is 12.2. The predicted molar refractivity (Wildman–Crippen MR) is 82.7 cm³/mol. The zero-order valence-electron chi connectivity index (χ0n) is 12.9. The minimum atomic E-state index is -1.27. The number of amides is 1. The Kier molecular flexibility index (Phi) is 4.12. The Hall–Kier alpha value is -2.28. The van der Waals surface area contributed by atoms with Crippen LogP contribution in [0, 0.1) is 0 Å². The fraction of sp³-hybridized carbons (Fsp3) is 0.500. The number of ether oxygens (including phenoxy) is 2. The van der Waals surface area contributed by atoms with Gasteiger partial charge >= 0.3 is 5.97 Å². The van der Waals surface area contributed by atoms with Gasteiger partial charge < -0.3 is 24.8 Å². The molecule has 0 bridgehead atoms. The molecule has 1 aromatic rings. The van der Waals surface area contributed by atoms with E-state index in [4.69, 9.17) is 9.47 Å². The lowest BCUT2D eigenvalue weighted by Crippen LogP contribution is -2.61. The SMILES string of the molecule is CN1C[C@H](C(=O)NC2(C(=O)O)CCOCC2)Oc2ccccc21. The number of aliphatic carboxylic acids is 1. The van der Waals surface area contributed by atoms with Gasteiger partial charge in [0.2, 0.25) is 0 Å². The molecule has 2 N–H and O–H groups in total. The van der Waals surface area contributed by atoms with E-state index >= 15 is 0 Å². The Labute approximate surface area is 134 Å². The van der Waals surface area contributed by atoms with Crippen molar-refractivity contribution >= 4 is 17.6 Å². The summed E-state index contributed by atoms with van der Waals surface area (Å²) in [5.74, 6) is -0.813. The van der Waals surface area contributed by atoms with E-state index in [1.54, 1.807) is 6.07 Å². The van der Waals surface area contributed by atoms with E-state index in [1.807, 2.05) is 30.1 Å². The van der Waals surface area contributed by atoms with Crippen molar-refractivity contribution < 1.29 is 24.2 Å². The van der Waals surface area contributed by atoms with E-state index < -0.39 is 23.5 Å². The summed E-state index contributed by atoms with van der Waals surface area (Å²) in [4.78, 5) is 26.1. The molecule has 124 valence electrons. The summed E-state index contributed by atoms with van der Waals surface area (Å²) in [7, 11) is 1.88. The van der Waals surface area contributed by atoms with Gasteiger partial charge in [-0.05, 0) is 12.1 Å². The standard InChI is InChI=1S/C16H20N2O5/c1-18-10-13(23-12-5-3-2-4-11(12)18)14(19)17-16(15(20)21)6-8-22-9-7-16/h2-5,13H,6-10H2,1H3,(H,17,19)(H,20,21)/t13-/m1/s1. The second-order valence-electron chi connectivity index (χ2n) is 5.94. The summed E-state index contributed by atoms with van der Waals surface area (Å²) >= 11 is 0. The van der Waals surface area contributed by atoms with Gasteiger partial charge in [-0.1, -0.05) is 12.1 Å². The highest BCUT2D eigenvalue weighted by Gasteiger charge is 2.43. The molecule has 2 aliphatic heterocycles. The lowest BCUT2D eigenvalue weighted by atomic mass is 9.89. The van der Waals surface area contributed by atoms with E-state index in [0.717, 1.165) is 5.69 Å². The van der Waals surface area contributed by atoms with Crippen LogP contribution in [0.2, 0.25) is 0 Å². The zero-order chi connectivity index (χ0) is 16.4. The number of benzene rings is 1. The average Bonchev–Trinajstić information content (AvgIpc) is 2.55. The van der Waals surface area contributed by atoms with Crippen LogP contribution in [0.1, 0.15) is 12.8 Å². The van der Waals surface area contributed by atoms with Crippen LogP contribution < -0.4 is 15.0 Å². The summed E-state index contributed by atoms with van der Waals surface area (Å²) in [6.07, 6.45) is -0.227. The maximum atomic E-state index is 12.6. The van der Waals surface area contributed by atoms with Crippen molar-refractivity contribution in [2.45, 2.75) is 24.5 Å². The third-order valence-corrected chi connectivity index (χ3v) is 4.40. The highest BCUT2D eigenvalue weighted by atomic mass is 16.5. The maximum Gasteiger partial charge on any atom is 0.329 e. The number of hydrogen-bond donors (Lipinski definition) is 2. The average molecular weight is 320 g/mol. The number of fused-ring (bicyclic) bond motifs is 1. The number of para-hydroxylation sites is 2. The second-order valence-corrected chi connectivity index (χ2v) is 5.94. The largest absolute Gasteiger partial charge is 0.480 e. The number of anilines is 1. The van der Waals surface area contributed by atoms with Crippen molar-refractivity contribution in [1.82, 2.24) is 5.32 Å². The van der Waals surface area contributed by atoms with Gasteiger partial charge in [-0.25, -0.2) is 4.79 Å². The molecule has 1 atom stereocenters. The van der Waals surface area contributed by atoms with Gasteiger partial charge in [-0.15, -0.1) is 0 Å². The summed E-state index contributed by atoms with van der Waals surface area (Å²) < 4.78 is 11.0. The van der Waals surface area contributed by atoms with E-state index in [2.05, 4.69) is 5.32 Å². The first-order chi connectivity index (χ1) is 11.0. The highest BCUT2D eigenvalue weighted by Crippen LogP contribution is 2.32. The molecule has 1 aromatic carbocycles. The smallest absolute Gasteiger partial charge is 0.329 e. The molecule has 23 heavy (non-hydrogen) atoms. The van der Waals surface area contributed by atoms with Crippen LogP contribution in [-0.4, -0.2) is 55.4 Å². The van der Waals surface area contributed by atoms with E-state index in [0.29, 0.717) is 25.5 Å². The molecule has 0 unspecified atom stereocenters. The van der Waals surface area contributed by atoms with Gasteiger partial charge in [0.05, 0.1) is 12.2 Å².